The molecule has 0 radical (unpaired) electrons. The lowest BCUT2D eigenvalue weighted by molar-refractivity contribution is 0.752. The molecule has 1 nitrogen and oxygen atoms in total. The molecule has 0 aromatic heterocycles. The minimum atomic E-state index is 0.667. The quantitative estimate of drug-likeness (QED) is 0.480. The van der Waals surface area contributed by atoms with Gasteiger partial charge in [0.1, 0.15) is 0 Å². The van der Waals surface area contributed by atoms with Gasteiger partial charge in [0.05, 0.1) is 0 Å². The van der Waals surface area contributed by atoms with Gasteiger partial charge in [0, 0.05) is 11.6 Å². The van der Waals surface area contributed by atoms with E-state index in [0.717, 1.165) is 13.0 Å². The smallest absolute Gasteiger partial charge is 0.0307 e. The van der Waals surface area contributed by atoms with E-state index in [2.05, 4.69) is 18.0 Å². The maximum atomic E-state index is 5.52. The summed E-state index contributed by atoms with van der Waals surface area (Å²) in [6, 6.07) is 0. The van der Waals surface area contributed by atoms with Crippen LogP contribution in [0, 0.1) is 0 Å². The zero-order valence-corrected chi connectivity index (χ0v) is 7.12. The van der Waals surface area contributed by atoms with E-state index in [4.69, 9.17) is 11.6 Å². The molecular formula is C8H14ClN. The fourth-order valence-electron chi connectivity index (χ4n) is 0.576. The Kier molecular flexibility index (Phi) is 6.66. The maximum absolute atomic E-state index is 5.52. The number of halogens is 1. The van der Waals surface area contributed by atoms with Gasteiger partial charge in [-0.3, -0.25) is 0 Å². The van der Waals surface area contributed by atoms with Crippen molar-refractivity contribution in [1.29, 1.82) is 0 Å². The summed E-state index contributed by atoms with van der Waals surface area (Å²) in [5, 5.41) is 3.80. The molecular weight excluding hydrogens is 146 g/mol. The van der Waals surface area contributed by atoms with Gasteiger partial charge in [0.15, 0.2) is 0 Å². The molecule has 0 heterocycles. The molecule has 58 valence electrons. The zero-order chi connectivity index (χ0) is 7.82. The lowest BCUT2D eigenvalue weighted by atomic mass is 10.4. The summed E-state index contributed by atoms with van der Waals surface area (Å²) in [6.45, 7) is 7.25. The zero-order valence-electron chi connectivity index (χ0n) is 6.36. The van der Waals surface area contributed by atoms with Crippen LogP contribution >= 0.6 is 11.6 Å². The maximum Gasteiger partial charge on any atom is 0.0307 e. The van der Waals surface area contributed by atoms with Crippen LogP contribution in [0.1, 0.15) is 13.3 Å². The van der Waals surface area contributed by atoms with Crippen molar-refractivity contribution in [2.24, 2.45) is 0 Å². The van der Waals surface area contributed by atoms with Crippen LogP contribution in [0.15, 0.2) is 23.8 Å². The highest BCUT2D eigenvalue weighted by molar-refractivity contribution is 6.29. The van der Waals surface area contributed by atoms with Gasteiger partial charge in [-0.25, -0.2) is 0 Å². The summed E-state index contributed by atoms with van der Waals surface area (Å²) in [4.78, 5) is 0. The second-order valence-corrected chi connectivity index (χ2v) is 2.59. The largest absolute Gasteiger partial charge is 0.311 e. The van der Waals surface area contributed by atoms with Gasteiger partial charge in [-0.05, 0) is 19.9 Å². The van der Waals surface area contributed by atoms with Crippen LogP contribution in [-0.2, 0) is 0 Å². The molecule has 0 aliphatic heterocycles. The third-order valence-electron chi connectivity index (χ3n) is 1.04. The molecule has 1 N–H and O–H groups in total. The summed E-state index contributed by atoms with van der Waals surface area (Å²) >= 11 is 5.52. The van der Waals surface area contributed by atoms with E-state index >= 15 is 0 Å². The number of hydrogen-bond donors (Lipinski definition) is 1. The first kappa shape index (κ1) is 9.73. The predicted octanol–water partition coefficient (Wildman–Crippen LogP) is 2.29. The molecule has 0 saturated heterocycles. The molecule has 2 heteroatoms. The summed E-state index contributed by atoms with van der Waals surface area (Å²) in [5.41, 5.74) is 0. The molecule has 0 aromatic carbocycles. The van der Waals surface area contributed by atoms with E-state index in [9.17, 15) is 0 Å². The average Bonchev–Trinajstić information content (AvgIpc) is 1.87. The molecule has 0 saturated carbocycles. The number of rotatable bonds is 5. The second kappa shape index (κ2) is 6.84. The van der Waals surface area contributed by atoms with Gasteiger partial charge in [-0.2, -0.15) is 0 Å². The first-order valence-electron chi connectivity index (χ1n) is 3.42. The molecule has 10 heavy (non-hydrogen) atoms. The number of nitrogens with one attached hydrogen (secondary N) is 1. The standard InChI is InChI=1S/C8H14ClN/c1-3-4-5-6-10-7-8(2)9/h3-4,10H,2,5-7H2,1H3/b4-3+. The number of hydrogen-bond acceptors (Lipinski definition) is 1. The lowest BCUT2D eigenvalue weighted by Gasteiger charge is -1.98. The van der Waals surface area contributed by atoms with Gasteiger partial charge in [0.25, 0.3) is 0 Å². The van der Waals surface area contributed by atoms with Crippen LogP contribution in [0.25, 0.3) is 0 Å². The van der Waals surface area contributed by atoms with Crippen molar-refractivity contribution in [2.45, 2.75) is 13.3 Å². The molecule has 0 aliphatic carbocycles. The van der Waals surface area contributed by atoms with Crippen molar-refractivity contribution in [3.8, 4) is 0 Å². The van der Waals surface area contributed by atoms with Gasteiger partial charge < -0.3 is 5.32 Å². The van der Waals surface area contributed by atoms with Crippen LogP contribution in [0.3, 0.4) is 0 Å². The highest BCUT2D eigenvalue weighted by Gasteiger charge is 1.85. The van der Waals surface area contributed by atoms with Crippen LogP contribution in [0.4, 0.5) is 0 Å². The van der Waals surface area contributed by atoms with E-state index < -0.39 is 0 Å². The third kappa shape index (κ3) is 7.73. The molecule has 0 amide bonds. The van der Waals surface area contributed by atoms with Gasteiger partial charge in [-0.15, -0.1) is 0 Å². The minimum Gasteiger partial charge on any atom is -0.311 e. The first-order chi connectivity index (χ1) is 4.77. The summed E-state index contributed by atoms with van der Waals surface area (Å²) in [7, 11) is 0. The van der Waals surface area contributed by atoms with Crippen molar-refractivity contribution in [1.82, 2.24) is 5.32 Å². The van der Waals surface area contributed by atoms with Crippen LogP contribution < -0.4 is 5.32 Å². The summed E-state index contributed by atoms with van der Waals surface area (Å²) in [6.07, 6.45) is 5.21. The molecule has 0 aromatic rings. The lowest BCUT2D eigenvalue weighted by Crippen LogP contribution is -2.15. The molecule has 0 rings (SSSR count). The first-order valence-corrected chi connectivity index (χ1v) is 3.80. The normalized spacial score (nSPS) is 10.6. The van der Waals surface area contributed by atoms with Gasteiger partial charge in [-0.1, -0.05) is 30.3 Å². The average molecular weight is 160 g/mol. The molecule has 0 fully saturated rings. The minimum absolute atomic E-state index is 0.667. The van der Waals surface area contributed by atoms with Crippen molar-refractivity contribution in [3.05, 3.63) is 23.8 Å². The molecule has 0 aliphatic rings. The van der Waals surface area contributed by atoms with Crippen molar-refractivity contribution in [3.63, 3.8) is 0 Å². The Balaban J connectivity index is 2.98. The van der Waals surface area contributed by atoms with Crippen molar-refractivity contribution < 1.29 is 0 Å². The predicted molar refractivity (Wildman–Crippen MR) is 47.3 cm³/mol. The highest BCUT2D eigenvalue weighted by atomic mass is 35.5. The van der Waals surface area contributed by atoms with Gasteiger partial charge >= 0.3 is 0 Å². The van der Waals surface area contributed by atoms with Gasteiger partial charge in [0.2, 0.25) is 0 Å². The molecule has 0 unspecified atom stereocenters. The van der Waals surface area contributed by atoms with Crippen molar-refractivity contribution >= 4 is 11.6 Å². The Bertz CT molecular complexity index is 118. The molecule has 0 bridgehead atoms. The monoisotopic (exact) mass is 159 g/mol. The Labute approximate surface area is 67.8 Å². The van der Waals surface area contributed by atoms with Crippen LogP contribution in [-0.4, -0.2) is 13.1 Å². The second-order valence-electron chi connectivity index (χ2n) is 2.05. The Morgan fingerprint density at radius 2 is 2.40 bits per heavy atom. The van der Waals surface area contributed by atoms with Crippen LogP contribution in [0.5, 0.6) is 0 Å². The summed E-state index contributed by atoms with van der Waals surface area (Å²) in [5.74, 6) is 0. The SMILES string of the molecule is C=C(Cl)CNCC/C=C/C. The molecule has 0 atom stereocenters. The van der Waals surface area contributed by atoms with E-state index in [1.807, 2.05) is 13.0 Å². The third-order valence-corrected chi connectivity index (χ3v) is 1.17. The Morgan fingerprint density at radius 3 is 2.90 bits per heavy atom. The molecule has 0 spiro atoms. The summed E-state index contributed by atoms with van der Waals surface area (Å²) < 4.78 is 0. The highest BCUT2D eigenvalue weighted by Crippen LogP contribution is 1.91. The fraction of sp³-hybridized carbons (Fsp3) is 0.500. The Morgan fingerprint density at radius 1 is 1.70 bits per heavy atom. The number of allylic oxidation sites excluding steroid dienone is 1. The van der Waals surface area contributed by atoms with E-state index in [1.54, 1.807) is 0 Å². The Hall–Kier alpha value is -0.270. The fourth-order valence-corrected chi connectivity index (χ4v) is 0.671. The van der Waals surface area contributed by atoms with E-state index in [1.165, 1.54) is 0 Å². The topological polar surface area (TPSA) is 12.0 Å². The van der Waals surface area contributed by atoms with Crippen LogP contribution in [0.2, 0.25) is 0 Å². The van der Waals surface area contributed by atoms with Crippen molar-refractivity contribution in [2.75, 3.05) is 13.1 Å². The van der Waals surface area contributed by atoms with E-state index in [-0.39, 0.29) is 0 Å². The van der Waals surface area contributed by atoms with E-state index in [0.29, 0.717) is 11.6 Å².